The summed E-state index contributed by atoms with van der Waals surface area (Å²) in [7, 11) is 1.77. The van der Waals surface area contributed by atoms with Gasteiger partial charge in [-0.2, -0.15) is 5.10 Å². The zero-order valence-electron chi connectivity index (χ0n) is 14.3. The second-order valence-electron chi connectivity index (χ2n) is 6.31. The molecule has 1 fully saturated rings. The number of aromatic nitrogens is 2. The molecule has 132 valence electrons. The second kappa shape index (κ2) is 6.96. The number of carbonyl (C=O) groups is 2. The van der Waals surface area contributed by atoms with E-state index in [9.17, 15) is 9.59 Å². The van der Waals surface area contributed by atoms with E-state index in [1.54, 1.807) is 36.1 Å². The van der Waals surface area contributed by atoms with Gasteiger partial charge in [-0.25, -0.2) is 4.79 Å². The lowest BCUT2D eigenvalue weighted by Crippen LogP contribution is -2.21. The number of aryl methyl sites for hydroxylation is 2. The average Bonchev–Trinajstić information content (AvgIpc) is 2.87. The van der Waals surface area contributed by atoms with E-state index in [0.29, 0.717) is 23.0 Å². The first-order chi connectivity index (χ1) is 12.0. The van der Waals surface area contributed by atoms with Gasteiger partial charge < -0.3 is 15.2 Å². The number of hydrogen-bond donors (Lipinski definition) is 2. The SMILES string of the molecule is Cc1cc(OCC(=O)O)ccc1NC(=O)c1c(C2CCC2)cnn1C. The molecule has 1 aliphatic rings. The maximum Gasteiger partial charge on any atom is 0.341 e. The number of nitrogens with one attached hydrogen (secondary N) is 1. The molecule has 1 saturated carbocycles. The molecular weight excluding hydrogens is 322 g/mol. The van der Waals surface area contributed by atoms with Gasteiger partial charge in [0.05, 0.1) is 6.20 Å². The number of rotatable bonds is 6. The molecule has 1 amide bonds. The fourth-order valence-electron chi connectivity index (χ4n) is 2.94. The van der Waals surface area contributed by atoms with Crippen LogP contribution < -0.4 is 10.1 Å². The van der Waals surface area contributed by atoms with Crippen molar-refractivity contribution in [2.75, 3.05) is 11.9 Å². The summed E-state index contributed by atoms with van der Waals surface area (Å²) in [5.41, 5.74) is 3.05. The number of hydrogen-bond acceptors (Lipinski definition) is 4. The van der Waals surface area contributed by atoms with Crippen molar-refractivity contribution >= 4 is 17.6 Å². The molecule has 7 nitrogen and oxygen atoms in total. The Balaban J connectivity index is 1.75. The van der Waals surface area contributed by atoms with Gasteiger partial charge in [-0.3, -0.25) is 9.48 Å². The number of anilines is 1. The van der Waals surface area contributed by atoms with Gasteiger partial charge in [0.15, 0.2) is 6.61 Å². The van der Waals surface area contributed by atoms with Crippen LogP contribution in [0, 0.1) is 6.92 Å². The molecule has 1 aromatic carbocycles. The number of carbonyl (C=O) groups excluding carboxylic acids is 1. The largest absolute Gasteiger partial charge is 0.482 e. The third-order valence-corrected chi connectivity index (χ3v) is 4.54. The van der Waals surface area contributed by atoms with E-state index in [1.165, 1.54) is 6.42 Å². The molecule has 2 aromatic rings. The lowest BCUT2D eigenvalue weighted by Gasteiger charge is -2.25. The van der Waals surface area contributed by atoms with E-state index >= 15 is 0 Å². The third-order valence-electron chi connectivity index (χ3n) is 4.54. The highest BCUT2D eigenvalue weighted by atomic mass is 16.5. The first kappa shape index (κ1) is 17.0. The molecule has 0 spiro atoms. The van der Waals surface area contributed by atoms with Crippen LogP contribution in [-0.2, 0) is 11.8 Å². The molecule has 0 atom stereocenters. The van der Waals surface area contributed by atoms with Gasteiger partial charge in [-0.1, -0.05) is 6.42 Å². The Morgan fingerprint density at radius 2 is 2.16 bits per heavy atom. The molecule has 1 aliphatic carbocycles. The van der Waals surface area contributed by atoms with Crippen molar-refractivity contribution in [2.24, 2.45) is 7.05 Å². The van der Waals surface area contributed by atoms with Gasteiger partial charge in [0, 0.05) is 18.3 Å². The fraction of sp³-hybridized carbons (Fsp3) is 0.389. The maximum atomic E-state index is 12.7. The Kier molecular flexibility index (Phi) is 4.74. The van der Waals surface area contributed by atoms with E-state index in [0.717, 1.165) is 24.0 Å². The van der Waals surface area contributed by atoms with Gasteiger partial charge in [0.1, 0.15) is 11.4 Å². The molecular formula is C18H21N3O4. The predicted molar refractivity (Wildman–Crippen MR) is 92.1 cm³/mol. The normalized spacial score (nSPS) is 14.0. The van der Waals surface area contributed by atoms with Gasteiger partial charge in [0.25, 0.3) is 5.91 Å². The Bertz CT molecular complexity index is 809. The standard InChI is InChI=1S/C18H21N3O4/c1-11-8-13(25-10-16(22)23)6-7-15(11)20-18(24)17-14(9-19-21(17)2)12-4-3-5-12/h6-9,12H,3-5,10H2,1-2H3,(H,20,24)(H,22,23). The van der Waals surface area contributed by atoms with Crippen molar-refractivity contribution in [1.82, 2.24) is 9.78 Å². The Morgan fingerprint density at radius 1 is 1.40 bits per heavy atom. The minimum atomic E-state index is -1.03. The van der Waals surface area contributed by atoms with E-state index < -0.39 is 12.6 Å². The minimum Gasteiger partial charge on any atom is -0.482 e. The van der Waals surface area contributed by atoms with Crippen LogP contribution in [-0.4, -0.2) is 33.4 Å². The maximum absolute atomic E-state index is 12.7. The van der Waals surface area contributed by atoms with Crippen LogP contribution in [0.1, 0.15) is 46.8 Å². The predicted octanol–water partition coefficient (Wildman–Crippen LogP) is 2.71. The Hall–Kier alpha value is -2.83. The quantitative estimate of drug-likeness (QED) is 0.841. The van der Waals surface area contributed by atoms with Crippen molar-refractivity contribution in [1.29, 1.82) is 0 Å². The molecule has 0 unspecified atom stereocenters. The number of ether oxygens (including phenoxy) is 1. The summed E-state index contributed by atoms with van der Waals surface area (Å²) in [5.74, 6) is -0.352. The van der Waals surface area contributed by atoms with Gasteiger partial charge in [-0.05, 0) is 49.4 Å². The summed E-state index contributed by atoms with van der Waals surface area (Å²) < 4.78 is 6.76. The first-order valence-electron chi connectivity index (χ1n) is 8.24. The smallest absolute Gasteiger partial charge is 0.341 e. The number of nitrogens with zero attached hydrogens (tertiary/aromatic N) is 2. The highest BCUT2D eigenvalue weighted by Crippen LogP contribution is 2.38. The van der Waals surface area contributed by atoms with Crippen LogP contribution >= 0.6 is 0 Å². The molecule has 0 bridgehead atoms. The molecule has 0 saturated heterocycles. The van der Waals surface area contributed by atoms with E-state index in [1.807, 2.05) is 6.92 Å². The van der Waals surface area contributed by atoms with Gasteiger partial charge >= 0.3 is 5.97 Å². The van der Waals surface area contributed by atoms with Crippen LogP contribution in [0.3, 0.4) is 0 Å². The Labute approximate surface area is 145 Å². The third kappa shape index (κ3) is 3.65. The van der Waals surface area contributed by atoms with E-state index in [-0.39, 0.29) is 5.91 Å². The van der Waals surface area contributed by atoms with Crippen LogP contribution in [0.4, 0.5) is 5.69 Å². The summed E-state index contributed by atoms with van der Waals surface area (Å²) in [4.78, 5) is 23.3. The van der Waals surface area contributed by atoms with Crippen molar-refractivity contribution in [2.45, 2.75) is 32.1 Å². The molecule has 3 rings (SSSR count). The summed E-state index contributed by atoms with van der Waals surface area (Å²) >= 11 is 0. The zero-order valence-corrected chi connectivity index (χ0v) is 14.3. The lowest BCUT2D eigenvalue weighted by atomic mass is 9.80. The Morgan fingerprint density at radius 3 is 2.76 bits per heavy atom. The summed E-state index contributed by atoms with van der Waals surface area (Å²) in [5, 5.41) is 15.8. The molecule has 7 heteroatoms. The van der Waals surface area contributed by atoms with Crippen LogP contribution in [0.5, 0.6) is 5.75 Å². The average molecular weight is 343 g/mol. The summed E-state index contributed by atoms with van der Waals surface area (Å²) in [6, 6.07) is 5.06. The second-order valence-corrected chi connectivity index (χ2v) is 6.31. The number of benzene rings is 1. The number of carboxylic acid groups (broad SMARTS) is 1. The monoisotopic (exact) mass is 343 g/mol. The van der Waals surface area contributed by atoms with Crippen LogP contribution in [0.2, 0.25) is 0 Å². The molecule has 0 radical (unpaired) electrons. The zero-order chi connectivity index (χ0) is 18.0. The topological polar surface area (TPSA) is 93.4 Å². The molecule has 1 aromatic heterocycles. The van der Waals surface area contributed by atoms with Crippen molar-refractivity contribution < 1.29 is 19.4 Å². The fourth-order valence-corrected chi connectivity index (χ4v) is 2.94. The molecule has 1 heterocycles. The summed E-state index contributed by atoms with van der Waals surface area (Å²) in [6.45, 7) is 1.43. The van der Waals surface area contributed by atoms with E-state index in [2.05, 4.69) is 10.4 Å². The van der Waals surface area contributed by atoms with Gasteiger partial charge in [0.2, 0.25) is 0 Å². The van der Waals surface area contributed by atoms with Crippen molar-refractivity contribution in [3.8, 4) is 5.75 Å². The van der Waals surface area contributed by atoms with Crippen LogP contribution in [0.25, 0.3) is 0 Å². The number of amides is 1. The minimum absolute atomic E-state index is 0.191. The molecule has 0 aliphatic heterocycles. The highest BCUT2D eigenvalue weighted by Gasteiger charge is 2.27. The number of carboxylic acids is 1. The van der Waals surface area contributed by atoms with E-state index in [4.69, 9.17) is 9.84 Å². The molecule has 2 N–H and O–H groups in total. The van der Waals surface area contributed by atoms with Crippen LogP contribution in [0.15, 0.2) is 24.4 Å². The van der Waals surface area contributed by atoms with Gasteiger partial charge in [-0.15, -0.1) is 0 Å². The summed E-state index contributed by atoms with van der Waals surface area (Å²) in [6.07, 6.45) is 5.17. The van der Waals surface area contributed by atoms with Crippen molar-refractivity contribution in [3.63, 3.8) is 0 Å². The highest BCUT2D eigenvalue weighted by molar-refractivity contribution is 6.04. The molecule has 25 heavy (non-hydrogen) atoms. The van der Waals surface area contributed by atoms with Crippen molar-refractivity contribution in [3.05, 3.63) is 41.2 Å². The first-order valence-corrected chi connectivity index (χ1v) is 8.24. The lowest BCUT2D eigenvalue weighted by molar-refractivity contribution is -0.139. The number of aliphatic carboxylic acids is 1.